The van der Waals surface area contributed by atoms with Gasteiger partial charge in [0.05, 0.1) is 0 Å². The summed E-state index contributed by atoms with van der Waals surface area (Å²) < 4.78 is 18.8. The van der Waals surface area contributed by atoms with Crippen molar-refractivity contribution in [2.45, 2.75) is 31.5 Å². The fourth-order valence-corrected chi connectivity index (χ4v) is 1.95. The van der Waals surface area contributed by atoms with Crippen LogP contribution in [0.4, 0.5) is 4.39 Å². The molecule has 0 aromatic rings. The summed E-state index contributed by atoms with van der Waals surface area (Å²) >= 11 is 0. The van der Waals surface area contributed by atoms with Crippen molar-refractivity contribution in [2.24, 2.45) is 5.92 Å². The maximum atomic E-state index is 13.6. The fourth-order valence-electron chi connectivity index (χ4n) is 1.95. The Morgan fingerprint density at radius 2 is 1.92 bits per heavy atom. The lowest BCUT2D eigenvalue weighted by Gasteiger charge is -2.36. The van der Waals surface area contributed by atoms with E-state index in [1.165, 1.54) is 0 Å². The smallest absolute Gasteiger partial charge is 0.118 e. The minimum absolute atomic E-state index is 0.146. The highest BCUT2D eigenvalue weighted by molar-refractivity contribution is 4.89. The minimum atomic E-state index is -0.636. The molecule has 2 saturated heterocycles. The quantitative estimate of drug-likeness (QED) is 0.675. The van der Waals surface area contributed by atoms with Gasteiger partial charge in [-0.3, -0.25) is 0 Å². The van der Waals surface area contributed by atoms with Crippen molar-refractivity contribution in [1.82, 2.24) is 5.32 Å². The molecule has 2 rings (SSSR count). The number of hydrogen-bond donors (Lipinski definition) is 1. The third-order valence-electron chi connectivity index (χ3n) is 2.96. The maximum Gasteiger partial charge on any atom is 0.118 e. The highest BCUT2D eigenvalue weighted by atomic mass is 19.1. The van der Waals surface area contributed by atoms with Crippen LogP contribution in [0.2, 0.25) is 0 Å². The van der Waals surface area contributed by atoms with Crippen LogP contribution in [0.5, 0.6) is 0 Å². The molecule has 2 heterocycles. The first kappa shape index (κ1) is 8.45. The third-order valence-corrected chi connectivity index (χ3v) is 2.96. The van der Waals surface area contributed by atoms with Gasteiger partial charge in [0.1, 0.15) is 6.17 Å². The second-order valence-corrected chi connectivity index (χ2v) is 3.74. The number of alkyl halides is 1. The highest BCUT2D eigenvalue weighted by Crippen LogP contribution is 2.26. The first-order valence-corrected chi connectivity index (χ1v) is 4.83. The van der Waals surface area contributed by atoms with E-state index in [0.29, 0.717) is 0 Å². The van der Waals surface area contributed by atoms with Gasteiger partial charge in [-0.1, -0.05) is 0 Å². The van der Waals surface area contributed by atoms with Crippen LogP contribution in [0.1, 0.15) is 19.3 Å². The zero-order valence-electron chi connectivity index (χ0n) is 7.26. The molecule has 0 radical (unpaired) electrons. The molecule has 70 valence electrons. The number of rotatable bonds is 2. The van der Waals surface area contributed by atoms with Gasteiger partial charge < -0.3 is 10.1 Å². The first-order chi connectivity index (χ1) is 5.88. The lowest BCUT2D eigenvalue weighted by Crippen LogP contribution is -2.52. The van der Waals surface area contributed by atoms with Crippen LogP contribution in [0.25, 0.3) is 0 Å². The minimum Gasteiger partial charge on any atom is -0.381 e. The Bertz CT molecular complexity index is 143. The lowest BCUT2D eigenvalue weighted by atomic mass is 9.87. The normalized spacial score (nSPS) is 34.2. The summed E-state index contributed by atoms with van der Waals surface area (Å²) in [6.07, 6.45) is 2.18. The summed E-state index contributed by atoms with van der Waals surface area (Å²) in [7, 11) is 0. The molecule has 1 N–H and O–H groups in total. The van der Waals surface area contributed by atoms with Gasteiger partial charge in [-0.25, -0.2) is 4.39 Å². The predicted octanol–water partition coefficient (Wildman–Crippen LogP) is 1.11. The molecule has 0 bridgehead atoms. The van der Waals surface area contributed by atoms with Crippen molar-refractivity contribution < 1.29 is 9.13 Å². The Morgan fingerprint density at radius 1 is 1.25 bits per heavy atom. The van der Waals surface area contributed by atoms with Crippen molar-refractivity contribution in [1.29, 1.82) is 0 Å². The van der Waals surface area contributed by atoms with E-state index in [1.807, 2.05) is 0 Å². The van der Waals surface area contributed by atoms with Crippen LogP contribution in [0, 0.1) is 5.92 Å². The molecule has 2 atom stereocenters. The fraction of sp³-hybridized carbons (Fsp3) is 1.00. The molecule has 2 fully saturated rings. The number of nitrogens with one attached hydrogen (secondary N) is 1. The van der Waals surface area contributed by atoms with Crippen molar-refractivity contribution in [2.75, 3.05) is 19.8 Å². The van der Waals surface area contributed by atoms with E-state index in [4.69, 9.17) is 4.74 Å². The zero-order chi connectivity index (χ0) is 8.39. The van der Waals surface area contributed by atoms with E-state index in [9.17, 15) is 4.39 Å². The molecule has 0 aromatic heterocycles. The van der Waals surface area contributed by atoms with Crippen LogP contribution in [0.15, 0.2) is 0 Å². The van der Waals surface area contributed by atoms with E-state index in [1.54, 1.807) is 0 Å². The summed E-state index contributed by atoms with van der Waals surface area (Å²) in [5, 5.41) is 3.13. The predicted molar refractivity (Wildman–Crippen MR) is 44.8 cm³/mol. The second-order valence-electron chi connectivity index (χ2n) is 3.74. The topological polar surface area (TPSA) is 21.3 Å². The largest absolute Gasteiger partial charge is 0.381 e. The monoisotopic (exact) mass is 173 g/mol. The van der Waals surface area contributed by atoms with Gasteiger partial charge in [0, 0.05) is 19.3 Å². The summed E-state index contributed by atoms with van der Waals surface area (Å²) in [6.45, 7) is 2.49. The third kappa shape index (κ3) is 1.62. The summed E-state index contributed by atoms with van der Waals surface area (Å²) in [5.41, 5.74) is 0. The van der Waals surface area contributed by atoms with Gasteiger partial charge >= 0.3 is 0 Å². The van der Waals surface area contributed by atoms with Crippen LogP contribution in [-0.4, -0.2) is 32.0 Å². The molecule has 0 amide bonds. The molecule has 12 heavy (non-hydrogen) atoms. The average Bonchev–Trinajstić information content (AvgIpc) is 2.03. The molecular weight excluding hydrogens is 157 g/mol. The Balaban J connectivity index is 1.80. The summed E-state index contributed by atoms with van der Waals surface area (Å²) in [4.78, 5) is 0. The van der Waals surface area contributed by atoms with Crippen LogP contribution in [-0.2, 0) is 4.74 Å². The van der Waals surface area contributed by atoms with Gasteiger partial charge in [0.2, 0.25) is 0 Å². The highest BCUT2D eigenvalue weighted by Gasteiger charge is 2.33. The number of hydrogen-bond acceptors (Lipinski definition) is 2. The van der Waals surface area contributed by atoms with Crippen molar-refractivity contribution in [3.05, 3.63) is 0 Å². The van der Waals surface area contributed by atoms with Gasteiger partial charge in [-0.15, -0.1) is 0 Å². The molecule has 0 aliphatic carbocycles. The van der Waals surface area contributed by atoms with E-state index >= 15 is 0 Å². The van der Waals surface area contributed by atoms with Crippen molar-refractivity contribution >= 4 is 0 Å². The maximum absolute atomic E-state index is 13.6. The molecule has 2 nitrogen and oxygen atoms in total. The van der Waals surface area contributed by atoms with Gasteiger partial charge in [0.25, 0.3) is 0 Å². The van der Waals surface area contributed by atoms with E-state index in [-0.39, 0.29) is 12.0 Å². The number of halogens is 1. The molecule has 2 aliphatic heterocycles. The Kier molecular flexibility index (Phi) is 2.61. The van der Waals surface area contributed by atoms with Crippen molar-refractivity contribution in [3.63, 3.8) is 0 Å². The Labute approximate surface area is 72.5 Å². The van der Waals surface area contributed by atoms with E-state index in [2.05, 4.69) is 5.32 Å². The summed E-state index contributed by atoms with van der Waals surface area (Å²) in [5.74, 6) is 0.247. The van der Waals surface area contributed by atoms with E-state index < -0.39 is 6.17 Å². The zero-order valence-corrected chi connectivity index (χ0v) is 7.26. The first-order valence-electron chi connectivity index (χ1n) is 4.83. The van der Waals surface area contributed by atoms with Crippen molar-refractivity contribution in [3.8, 4) is 0 Å². The van der Waals surface area contributed by atoms with Gasteiger partial charge in [-0.2, -0.15) is 0 Å². The second kappa shape index (κ2) is 3.71. The van der Waals surface area contributed by atoms with Crippen LogP contribution in [0.3, 0.4) is 0 Å². The van der Waals surface area contributed by atoms with E-state index in [0.717, 1.165) is 39.0 Å². The average molecular weight is 173 g/mol. The van der Waals surface area contributed by atoms with Crippen LogP contribution >= 0.6 is 0 Å². The lowest BCUT2D eigenvalue weighted by molar-refractivity contribution is 0.0187. The molecule has 0 spiro atoms. The molecule has 3 heteroatoms. The molecular formula is C9H16FNO. The van der Waals surface area contributed by atoms with Crippen LogP contribution < -0.4 is 5.32 Å². The van der Waals surface area contributed by atoms with Gasteiger partial charge in [-0.05, 0) is 31.7 Å². The molecule has 2 aliphatic rings. The SMILES string of the molecule is FC(C1CCOCC1)C1CCN1. The molecule has 0 aromatic carbocycles. The standard InChI is InChI=1S/C9H16FNO/c10-9(8-1-4-11-8)7-2-5-12-6-3-7/h7-9,11H,1-6H2. The summed E-state index contributed by atoms with van der Waals surface area (Å²) in [6, 6.07) is 0.146. The number of ether oxygens (including phenoxy) is 1. The van der Waals surface area contributed by atoms with Gasteiger partial charge in [0.15, 0.2) is 0 Å². The molecule has 2 unspecified atom stereocenters. The Morgan fingerprint density at radius 3 is 2.42 bits per heavy atom. The molecule has 0 saturated carbocycles. The Hall–Kier alpha value is -0.150.